The Bertz CT molecular complexity index is 1190. The molecule has 1 N–H and O–H groups in total. The van der Waals surface area contributed by atoms with Gasteiger partial charge >= 0.3 is 6.18 Å². The smallest absolute Gasteiger partial charge is 0.404 e. The molecule has 0 spiro atoms. The molecule has 166 valence electrons. The van der Waals surface area contributed by atoms with Crippen LogP contribution in [0.4, 0.5) is 13.2 Å². The van der Waals surface area contributed by atoms with Crippen LogP contribution in [0.1, 0.15) is 29.2 Å². The third-order valence-corrected chi connectivity index (χ3v) is 6.90. The summed E-state index contributed by atoms with van der Waals surface area (Å²) in [7, 11) is 0. The number of nitriles is 1. The minimum Gasteiger partial charge on any atom is -0.634 e. The fourth-order valence-corrected chi connectivity index (χ4v) is 4.68. The lowest BCUT2D eigenvalue weighted by atomic mass is 9.77. The van der Waals surface area contributed by atoms with E-state index in [4.69, 9.17) is 34.8 Å². The van der Waals surface area contributed by atoms with Crippen LogP contribution in [-0.2, 0) is 5.41 Å². The summed E-state index contributed by atoms with van der Waals surface area (Å²) in [6, 6.07) is 7.60. The molecule has 2 heterocycles. The number of alkyl halides is 3. The highest BCUT2D eigenvalue weighted by molar-refractivity contribution is 6.48. The van der Waals surface area contributed by atoms with Crippen LogP contribution in [0.2, 0.25) is 15.1 Å². The van der Waals surface area contributed by atoms with Crippen molar-refractivity contribution < 1.29 is 18.2 Å². The number of hydrogen-bond donors (Lipinski definition) is 1. The number of aromatic nitrogens is 3. The number of nitrogens with one attached hydrogen (secondary N) is 1. The number of nitrogens with zero attached hydrogens (tertiary/aromatic N) is 4. The summed E-state index contributed by atoms with van der Waals surface area (Å²) in [5.74, 6) is 0. The van der Waals surface area contributed by atoms with Crippen LogP contribution in [0.25, 0.3) is 5.69 Å². The zero-order valence-corrected chi connectivity index (χ0v) is 18.3. The molecular formula is C20H13Cl3F3N5O. The third kappa shape index (κ3) is 3.72. The molecule has 0 bridgehead atoms. The van der Waals surface area contributed by atoms with Crippen LogP contribution in [0.3, 0.4) is 0 Å². The maximum atomic E-state index is 14.4. The first kappa shape index (κ1) is 22.8. The van der Waals surface area contributed by atoms with E-state index in [1.165, 1.54) is 35.5 Å². The summed E-state index contributed by atoms with van der Waals surface area (Å²) in [6.45, 7) is -0.776. The fourth-order valence-electron chi connectivity index (χ4n) is 4.08. The summed E-state index contributed by atoms with van der Waals surface area (Å²) < 4.78 is 44.5. The van der Waals surface area contributed by atoms with E-state index in [0.717, 1.165) is 12.1 Å². The van der Waals surface area contributed by atoms with Crippen molar-refractivity contribution in [3.63, 3.8) is 0 Å². The average Bonchev–Trinajstić information content (AvgIpc) is 3.39. The Morgan fingerprint density at radius 2 is 1.88 bits per heavy atom. The Kier molecular flexibility index (Phi) is 5.86. The number of benzene rings is 2. The summed E-state index contributed by atoms with van der Waals surface area (Å²) in [5.41, 5.74) is -1.84. The molecule has 6 nitrogen and oxygen atoms in total. The van der Waals surface area contributed by atoms with Gasteiger partial charge in [-0.25, -0.2) is 9.67 Å². The van der Waals surface area contributed by atoms with Gasteiger partial charge in [-0.3, -0.25) is 0 Å². The lowest BCUT2D eigenvalue weighted by molar-refractivity contribution is -0.870. The van der Waals surface area contributed by atoms with Crippen LogP contribution in [0, 0.1) is 16.5 Å². The van der Waals surface area contributed by atoms with Crippen molar-refractivity contribution in [1.29, 1.82) is 5.26 Å². The van der Waals surface area contributed by atoms with Gasteiger partial charge in [0.25, 0.3) is 0 Å². The van der Waals surface area contributed by atoms with Crippen molar-refractivity contribution in [3.05, 3.63) is 80.0 Å². The number of rotatable bonds is 3. The van der Waals surface area contributed by atoms with E-state index >= 15 is 0 Å². The van der Waals surface area contributed by atoms with Crippen LogP contribution in [0.15, 0.2) is 43.0 Å². The van der Waals surface area contributed by atoms with E-state index in [1.807, 2.05) is 6.07 Å². The first-order chi connectivity index (χ1) is 15.1. The predicted molar refractivity (Wildman–Crippen MR) is 112 cm³/mol. The Morgan fingerprint density at radius 1 is 1.19 bits per heavy atom. The minimum absolute atomic E-state index is 0.0577. The molecular weight excluding hydrogens is 490 g/mol. The van der Waals surface area contributed by atoms with E-state index in [1.54, 1.807) is 0 Å². The molecule has 1 saturated heterocycles. The van der Waals surface area contributed by atoms with Crippen LogP contribution < -0.4 is 5.06 Å². The molecule has 3 unspecified atom stereocenters. The third-order valence-electron chi connectivity index (χ3n) is 5.71. The van der Waals surface area contributed by atoms with Gasteiger partial charge in [-0.05, 0) is 29.8 Å². The molecule has 2 aromatic carbocycles. The zero-order chi connectivity index (χ0) is 23.3. The highest BCUT2D eigenvalue weighted by Gasteiger charge is 2.63. The van der Waals surface area contributed by atoms with Gasteiger partial charge in [-0.2, -0.15) is 23.5 Å². The van der Waals surface area contributed by atoms with Gasteiger partial charge in [0.1, 0.15) is 30.2 Å². The maximum absolute atomic E-state index is 14.4. The molecule has 1 aliphatic heterocycles. The Morgan fingerprint density at radius 3 is 2.44 bits per heavy atom. The molecule has 3 atom stereocenters. The van der Waals surface area contributed by atoms with Gasteiger partial charge in [-0.1, -0.05) is 40.9 Å². The van der Waals surface area contributed by atoms with Gasteiger partial charge in [-0.15, -0.1) is 0 Å². The average molecular weight is 503 g/mol. The number of halogens is 6. The standard InChI is InChI=1S/C20H13Cl3F3N5O/c21-14-4-13(5-15(22)18(14)23)19(20(24,25)26)6-17(31(32)8-19)11-1-2-16(12(3-11)7-27)30-10-28-9-29-30/h1-5,9-10,17,31H,6,8H2. The van der Waals surface area contributed by atoms with E-state index in [9.17, 15) is 23.6 Å². The summed E-state index contributed by atoms with van der Waals surface area (Å²) in [4.78, 5) is 3.82. The molecule has 32 heavy (non-hydrogen) atoms. The Balaban J connectivity index is 1.78. The van der Waals surface area contributed by atoms with Gasteiger partial charge < -0.3 is 10.3 Å². The van der Waals surface area contributed by atoms with Crippen LogP contribution in [-0.4, -0.2) is 27.5 Å². The monoisotopic (exact) mass is 501 g/mol. The maximum Gasteiger partial charge on any atom is 0.404 e. The van der Waals surface area contributed by atoms with Gasteiger partial charge in [0.2, 0.25) is 0 Å². The summed E-state index contributed by atoms with van der Waals surface area (Å²) in [5, 5.41) is 25.4. The zero-order valence-electron chi connectivity index (χ0n) is 16.0. The molecule has 0 radical (unpaired) electrons. The first-order valence-corrected chi connectivity index (χ1v) is 10.3. The fraction of sp³-hybridized carbons (Fsp3) is 0.250. The van der Waals surface area contributed by atoms with Crippen molar-refractivity contribution in [3.8, 4) is 11.8 Å². The predicted octanol–water partition coefficient (Wildman–Crippen LogP) is 4.43. The van der Waals surface area contributed by atoms with Gasteiger partial charge in [0.15, 0.2) is 0 Å². The highest BCUT2D eigenvalue weighted by Crippen LogP contribution is 2.50. The minimum atomic E-state index is -4.75. The topological polar surface area (TPSA) is 82.0 Å². The lowest BCUT2D eigenvalue weighted by Crippen LogP contribution is -3.06. The molecule has 0 aliphatic carbocycles. The summed E-state index contributed by atoms with van der Waals surface area (Å²) in [6.07, 6.45) is -2.62. The highest BCUT2D eigenvalue weighted by atomic mass is 35.5. The first-order valence-electron chi connectivity index (χ1n) is 9.21. The van der Waals surface area contributed by atoms with Crippen molar-refractivity contribution in [2.75, 3.05) is 6.54 Å². The molecule has 1 aromatic heterocycles. The van der Waals surface area contributed by atoms with Gasteiger partial charge in [0.05, 0.1) is 32.9 Å². The quantitative estimate of drug-likeness (QED) is 0.424. The molecule has 1 fully saturated rings. The molecule has 4 rings (SSSR count). The van der Waals surface area contributed by atoms with Crippen molar-refractivity contribution in [1.82, 2.24) is 14.8 Å². The van der Waals surface area contributed by atoms with Crippen molar-refractivity contribution in [2.24, 2.45) is 0 Å². The largest absolute Gasteiger partial charge is 0.634 e. The SMILES string of the molecule is N#Cc1cc(C2CC(c3cc(Cl)c(Cl)c(Cl)c3)(C(F)(F)F)C[NH+]2[O-])ccc1-n1cncn1. The van der Waals surface area contributed by atoms with E-state index in [2.05, 4.69) is 10.1 Å². The number of quaternary nitrogens is 1. The van der Waals surface area contributed by atoms with E-state index in [0.29, 0.717) is 11.3 Å². The molecule has 3 aromatic rings. The van der Waals surface area contributed by atoms with E-state index in [-0.39, 0.29) is 26.2 Å². The molecule has 1 aliphatic rings. The second-order valence-corrected chi connectivity index (χ2v) is 8.65. The number of hydrogen-bond acceptors (Lipinski definition) is 4. The van der Waals surface area contributed by atoms with E-state index < -0.39 is 35.7 Å². The summed E-state index contributed by atoms with van der Waals surface area (Å²) >= 11 is 17.9. The van der Waals surface area contributed by atoms with Gasteiger partial charge in [0, 0.05) is 12.0 Å². The van der Waals surface area contributed by atoms with Crippen LogP contribution in [0.5, 0.6) is 0 Å². The number of hydroxylamine groups is 2. The Hall–Kier alpha value is -2.35. The van der Waals surface area contributed by atoms with Crippen molar-refractivity contribution in [2.45, 2.75) is 24.1 Å². The molecule has 0 saturated carbocycles. The second kappa shape index (κ2) is 8.21. The Labute approximate surface area is 195 Å². The molecule has 12 heteroatoms. The van der Waals surface area contributed by atoms with Crippen molar-refractivity contribution >= 4 is 34.8 Å². The normalized spacial score (nSPS) is 23.3. The second-order valence-electron chi connectivity index (χ2n) is 7.46. The van der Waals surface area contributed by atoms with Crippen LogP contribution >= 0.6 is 34.8 Å². The lowest BCUT2D eigenvalue weighted by Gasteiger charge is -2.31. The molecule has 0 amide bonds.